The van der Waals surface area contributed by atoms with Crippen molar-refractivity contribution >= 4 is 15.4 Å². The Kier molecular flexibility index (Phi) is 3.14. The summed E-state index contributed by atoms with van der Waals surface area (Å²) in [5, 5.41) is 8.01. The monoisotopic (exact) mass is 291 g/mol. The number of hydrogen-bond donors (Lipinski definition) is 0. The van der Waals surface area contributed by atoms with Crippen molar-refractivity contribution in [1.29, 1.82) is 5.26 Å². The topological polar surface area (TPSA) is 57.9 Å². The smallest absolute Gasteiger partial charge is 0.159 e. The molecule has 1 saturated heterocycles. The third kappa shape index (κ3) is 2.04. The van der Waals surface area contributed by atoms with Crippen LogP contribution in [0.15, 0.2) is 24.3 Å². The summed E-state index contributed by atoms with van der Waals surface area (Å²) in [6.07, 6.45) is 3.72. The SMILES string of the molecule is N#CCc1cc(C2=CC3CCC(C2)S3(=O)=O)ccc1F. The molecule has 2 atom stereocenters. The molecule has 0 saturated carbocycles. The normalized spacial score (nSPS) is 26.9. The lowest BCUT2D eigenvalue weighted by molar-refractivity contribution is 0.585. The molecule has 3 rings (SSSR count). The molecule has 20 heavy (non-hydrogen) atoms. The van der Waals surface area contributed by atoms with Gasteiger partial charge in [0.15, 0.2) is 9.84 Å². The molecule has 0 aromatic heterocycles. The Morgan fingerprint density at radius 2 is 2.15 bits per heavy atom. The van der Waals surface area contributed by atoms with Gasteiger partial charge < -0.3 is 0 Å². The summed E-state index contributed by atoms with van der Waals surface area (Å²) in [5.74, 6) is -0.387. The summed E-state index contributed by atoms with van der Waals surface area (Å²) < 4.78 is 37.6. The molecule has 104 valence electrons. The first kappa shape index (κ1) is 13.3. The van der Waals surface area contributed by atoms with Crippen LogP contribution >= 0.6 is 0 Å². The molecule has 0 spiro atoms. The van der Waals surface area contributed by atoms with E-state index in [1.165, 1.54) is 6.07 Å². The Hall–Kier alpha value is -1.67. The average Bonchev–Trinajstić information content (AvgIpc) is 2.61. The standard InChI is InChI=1S/C15H14FNO2S/c16-15-4-1-10(7-11(15)5-6-17)12-8-13-2-3-14(9-12)20(13,18)19/h1,4,7-8,13-14H,2-3,5,9H2. The number of halogens is 1. The molecule has 0 N–H and O–H groups in total. The largest absolute Gasteiger partial charge is 0.228 e. The predicted octanol–water partition coefficient (Wildman–Crippen LogP) is 2.62. The highest BCUT2D eigenvalue weighted by molar-refractivity contribution is 7.93. The molecule has 2 bridgehead atoms. The second-order valence-electron chi connectivity index (χ2n) is 5.36. The van der Waals surface area contributed by atoms with Gasteiger partial charge >= 0.3 is 0 Å². The fraction of sp³-hybridized carbons (Fsp3) is 0.400. The molecular weight excluding hydrogens is 277 g/mol. The maximum Gasteiger partial charge on any atom is 0.159 e. The first-order valence-electron chi connectivity index (χ1n) is 6.61. The van der Waals surface area contributed by atoms with Crippen LogP contribution in [0.1, 0.15) is 30.4 Å². The summed E-state index contributed by atoms with van der Waals surface area (Å²) in [6, 6.07) is 6.63. The lowest BCUT2D eigenvalue weighted by atomic mass is 9.98. The molecule has 2 aliphatic rings. The first-order chi connectivity index (χ1) is 9.52. The van der Waals surface area contributed by atoms with E-state index in [-0.39, 0.29) is 22.7 Å². The van der Waals surface area contributed by atoms with Gasteiger partial charge in [0, 0.05) is 5.56 Å². The van der Waals surface area contributed by atoms with E-state index < -0.39 is 9.84 Å². The highest BCUT2D eigenvalue weighted by atomic mass is 32.2. The molecule has 1 aromatic rings. The lowest BCUT2D eigenvalue weighted by Gasteiger charge is -2.21. The summed E-state index contributed by atoms with van der Waals surface area (Å²) in [6.45, 7) is 0. The Labute approximate surface area is 117 Å². The van der Waals surface area contributed by atoms with Gasteiger partial charge in [-0.3, -0.25) is 0 Å². The van der Waals surface area contributed by atoms with Gasteiger partial charge in [-0.05, 0) is 42.5 Å². The molecule has 5 heteroatoms. The summed E-state index contributed by atoms with van der Waals surface area (Å²) >= 11 is 0. The molecule has 1 aromatic carbocycles. The van der Waals surface area contributed by atoms with Crippen LogP contribution in [-0.2, 0) is 16.3 Å². The minimum atomic E-state index is -3.00. The number of nitriles is 1. The van der Waals surface area contributed by atoms with Crippen molar-refractivity contribution in [3.05, 3.63) is 41.2 Å². The number of sulfone groups is 1. The maximum absolute atomic E-state index is 13.5. The van der Waals surface area contributed by atoms with E-state index in [9.17, 15) is 12.8 Å². The zero-order valence-electron chi connectivity index (χ0n) is 10.8. The van der Waals surface area contributed by atoms with Crippen LogP contribution in [-0.4, -0.2) is 18.9 Å². The summed E-state index contributed by atoms with van der Waals surface area (Å²) in [4.78, 5) is 0. The van der Waals surface area contributed by atoms with E-state index in [0.717, 1.165) is 11.1 Å². The molecule has 2 unspecified atom stereocenters. The molecule has 0 amide bonds. The van der Waals surface area contributed by atoms with Gasteiger partial charge in [0.05, 0.1) is 23.0 Å². The fourth-order valence-corrected chi connectivity index (χ4v) is 5.26. The van der Waals surface area contributed by atoms with Gasteiger partial charge in [-0.25, -0.2) is 12.8 Å². The van der Waals surface area contributed by atoms with Crippen LogP contribution < -0.4 is 0 Å². The number of benzene rings is 1. The number of nitrogens with zero attached hydrogens (tertiary/aromatic N) is 1. The second kappa shape index (κ2) is 4.71. The molecular formula is C15H14FNO2S. The Morgan fingerprint density at radius 1 is 1.35 bits per heavy atom. The molecule has 0 radical (unpaired) electrons. The average molecular weight is 291 g/mol. The van der Waals surface area contributed by atoms with Gasteiger partial charge in [-0.15, -0.1) is 0 Å². The van der Waals surface area contributed by atoms with Gasteiger partial charge in [-0.1, -0.05) is 12.1 Å². The van der Waals surface area contributed by atoms with Crippen molar-refractivity contribution in [3.8, 4) is 6.07 Å². The predicted molar refractivity (Wildman–Crippen MR) is 74.0 cm³/mol. The van der Waals surface area contributed by atoms with E-state index in [4.69, 9.17) is 5.26 Å². The molecule has 3 nitrogen and oxygen atoms in total. The van der Waals surface area contributed by atoms with Crippen molar-refractivity contribution < 1.29 is 12.8 Å². The highest BCUT2D eigenvalue weighted by Crippen LogP contribution is 2.40. The van der Waals surface area contributed by atoms with Crippen molar-refractivity contribution in [3.63, 3.8) is 0 Å². The minimum Gasteiger partial charge on any atom is -0.228 e. The number of fused-ring (bicyclic) bond motifs is 2. The fourth-order valence-electron chi connectivity index (χ4n) is 3.07. The van der Waals surface area contributed by atoms with Crippen LogP contribution in [0.3, 0.4) is 0 Å². The number of rotatable bonds is 2. The second-order valence-corrected chi connectivity index (χ2v) is 7.81. The number of hydrogen-bond acceptors (Lipinski definition) is 3. The van der Waals surface area contributed by atoms with Crippen LogP contribution in [0.4, 0.5) is 4.39 Å². The van der Waals surface area contributed by atoms with Gasteiger partial charge in [0.1, 0.15) is 5.82 Å². The molecule has 1 fully saturated rings. The van der Waals surface area contributed by atoms with Crippen LogP contribution in [0.25, 0.3) is 5.57 Å². The van der Waals surface area contributed by atoms with Crippen LogP contribution in [0.2, 0.25) is 0 Å². The summed E-state index contributed by atoms with van der Waals surface area (Å²) in [7, 11) is -3.00. The quantitative estimate of drug-likeness (QED) is 0.841. The third-order valence-corrected chi connectivity index (χ3v) is 6.73. The van der Waals surface area contributed by atoms with Gasteiger partial charge in [-0.2, -0.15) is 5.26 Å². The van der Waals surface area contributed by atoms with Gasteiger partial charge in [0.25, 0.3) is 0 Å². The first-order valence-corrected chi connectivity index (χ1v) is 8.22. The van der Waals surface area contributed by atoms with E-state index in [2.05, 4.69) is 0 Å². The lowest BCUT2D eigenvalue weighted by Crippen LogP contribution is -2.26. The number of allylic oxidation sites excluding steroid dienone is 1. The molecule has 2 aliphatic heterocycles. The Balaban J connectivity index is 2.00. The van der Waals surface area contributed by atoms with Crippen LogP contribution in [0, 0.1) is 17.1 Å². The van der Waals surface area contributed by atoms with E-state index in [1.54, 1.807) is 12.1 Å². The Bertz CT molecular complexity index is 731. The maximum atomic E-state index is 13.5. The van der Waals surface area contributed by atoms with Crippen molar-refractivity contribution in [2.75, 3.05) is 0 Å². The highest BCUT2D eigenvalue weighted by Gasteiger charge is 2.43. The van der Waals surface area contributed by atoms with Crippen molar-refractivity contribution in [2.45, 2.75) is 36.2 Å². The van der Waals surface area contributed by atoms with Crippen molar-refractivity contribution in [2.24, 2.45) is 0 Å². The van der Waals surface area contributed by atoms with Crippen molar-refractivity contribution in [1.82, 2.24) is 0 Å². The Morgan fingerprint density at radius 3 is 2.85 bits per heavy atom. The molecule has 0 aliphatic carbocycles. The summed E-state index contributed by atoms with van der Waals surface area (Å²) in [5.41, 5.74) is 2.17. The van der Waals surface area contributed by atoms with E-state index >= 15 is 0 Å². The van der Waals surface area contributed by atoms with E-state index in [0.29, 0.717) is 24.8 Å². The third-order valence-electron chi connectivity index (χ3n) is 4.18. The van der Waals surface area contributed by atoms with E-state index in [1.807, 2.05) is 12.1 Å². The zero-order chi connectivity index (χ0) is 14.3. The zero-order valence-corrected chi connectivity index (χ0v) is 11.7. The van der Waals surface area contributed by atoms with Gasteiger partial charge in [0.2, 0.25) is 0 Å². The van der Waals surface area contributed by atoms with Crippen LogP contribution in [0.5, 0.6) is 0 Å². The minimum absolute atomic E-state index is 0.0259. The molecule has 2 heterocycles.